The molecule has 0 bridgehead atoms. The van der Waals surface area contributed by atoms with E-state index in [1.54, 1.807) is 0 Å². The van der Waals surface area contributed by atoms with Crippen molar-refractivity contribution in [1.82, 2.24) is 10.2 Å². The van der Waals surface area contributed by atoms with Crippen molar-refractivity contribution in [2.45, 2.75) is 58.5 Å². The van der Waals surface area contributed by atoms with Gasteiger partial charge in [0.25, 0.3) is 0 Å². The van der Waals surface area contributed by atoms with E-state index >= 15 is 0 Å². The first-order chi connectivity index (χ1) is 8.97. The topological polar surface area (TPSA) is 41.6 Å². The van der Waals surface area contributed by atoms with Crippen molar-refractivity contribution >= 4 is 5.91 Å². The highest BCUT2D eigenvalue weighted by Crippen LogP contribution is 2.21. The van der Waals surface area contributed by atoms with Crippen LogP contribution >= 0.6 is 0 Å². The van der Waals surface area contributed by atoms with E-state index < -0.39 is 0 Å². The lowest BCUT2D eigenvalue weighted by atomic mass is 9.92. The fraction of sp³-hybridized carbons (Fsp3) is 0.933. The predicted octanol–water partition coefficient (Wildman–Crippen LogP) is 1.79. The van der Waals surface area contributed by atoms with Gasteiger partial charge in [-0.05, 0) is 25.7 Å². The van der Waals surface area contributed by atoms with Gasteiger partial charge in [-0.3, -0.25) is 4.79 Å². The SMILES string of the molecule is CC(C)(C)C(=O)N1CCC(NC2CCCOC2)CC1. The fourth-order valence-electron chi connectivity index (χ4n) is 2.93. The molecule has 0 saturated carbocycles. The average Bonchev–Trinajstić information content (AvgIpc) is 2.39. The van der Waals surface area contributed by atoms with Crippen LogP contribution < -0.4 is 5.32 Å². The molecule has 2 aliphatic rings. The van der Waals surface area contributed by atoms with Crippen LogP contribution in [0, 0.1) is 5.41 Å². The molecule has 1 N–H and O–H groups in total. The summed E-state index contributed by atoms with van der Waals surface area (Å²) in [5, 5.41) is 3.69. The molecule has 4 heteroatoms. The monoisotopic (exact) mass is 268 g/mol. The molecule has 4 nitrogen and oxygen atoms in total. The lowest BCUT2D eigenvalue weighted by molar-refractivity contribution is -0.140. The maximum Gasteiger partial charge on any atom is 0.227 e. The average molecular weight is 268 g/mol. The van der Waals surface area contributed by atoms with Crippen LogP contribution in [0.5, 0.6) is 0 Å². The van der Waals surface area contributed by atoms with E-state index in [1.807, 2.05) is 25.7 Å². The smallest absolute Gasteiger partial charge is 0.227 e. The molecule has 0 aromatic heterocycles. The van der Waals surface area contributed by atoms with Gasteiger partial charge in [-0.2, -0.15) is 0 Å². The quantitative estimate of drug-likeness (QED) is 0.830. The van der Waals surface area contributed by atoms with Crippen molar-refractivity contribution in [3.05, 3.63) is 0 Å². The highest BCUT2D eigenvalue weighted by Gasteiger charge is 2.30. The van der Waals surface area contributed by atoms with Crippen LogP contribution in [0.4, 0.5) is 0 Å². The number of carbonyl (C=O) groups is 1. The Balaban J connectivity index is 1.74. The summed E-state index contributed by atoms with van der Waals surface area (Å²) in [6, 6.07) is 1.07. The first-order valence-electron chi connectivity index (χ1n) is 7.60. The van der Waals surface area contributed by atoms with Crippen LogP contribution in [-0.2, 0) is 9.53 Å². The minimum absolute atomic E-state index is 0.253. The lowest BCUT2D eigenvalue weighted by Crippen LogP contribution is -2.51. The molecule has 1 unspecified atom stereocenters. The molecule has 2 rings (SSSR count). The molecule has 0 spiro atoms. The Bertz CT molecular complexity index is 298. The molecule has 0 aliphatic carbocycles. The van der Waals surface area contributed by atoms with E-state index in [0.717, 1.165) is 39.1 Å². The normalized spacial score (nSPS) is 26.5. The van der Waals surface area contributed by atoms with Crippen LogP contribution in [0.15, 0.2) is 0 Å². The number of hydrogen-bond acceptors (Lipinski definition) is 3. The van der Waals surface area contributed by atoms with Gasteiger partial charge in [0.1, 0.15) is 0 Å². The second kappa shape index (κ2) is 6.23. The van der Waals surface area contributed by atoms with Crippen LogP contribution in [-0.4, -0.2) is 49.2 Å². The molecule has 1 amide bonds. The highest BCUT2D eigenvalue weighted by atomic mass is 16.5. The van der Waals surface area contributed by atoms with Crippen molar-refractivity contribution in [1.29, 1.82) is 0 Å². The van der Waals surface area contributed by atoms with Gasteiger partial charge in [0.05, 0.1) is 6.61 Å². The number of nitrogens with one attached hydrogen (secondary N) is 1. The minimum Gasteiger partial charge on any atom is -0.380 e. The van der Waals surface area contributed by atoms with Gasteiger partial charge in [-0.1, -0.05) is 20.8 Å². The molecule has 2 saturated heterocycles. The van der Waals surface area contributed by atoms with Crippen molar-refractivity contribution in [3.8, 4) is 0 Å². The summed E-state index contributed by atoms with van der Waals surface area (Å²) in [4.78, 5) is 14.2. The van der Waals surface area contributed by atoms with Crippen molar-refractivity contribution in [3.63, 3.8) is 0 Å². The summed E-state index contributed by atoms with van der Waals surface area (Å²) in [5.41, 5.74) is -0.253. The van der Waals surface area contributed by atoms with E-state index in [-0.39, 0.29) is 11.3 Å². The first kappa shape index (κ1) is 14.8. The molecule has 2 fully saturated rings. The molecule has 19 heavy (non-hydrogen) atoms. The molecular formula is C15H28N2O2. The summed E-state index contributed by atoms with van der Waals surface area (Å²) >= 11 is 0. The van der Waals surface area contributed by atoms with Crippen LogP contribution in [0.3, 0.4) is 0 Å². The predicted molar refractivity (Wildman–Crippen MR) is 76.0 cm³/mol. The molecule has 0 aromatic carbocycles. The second-order valence-electron chi connectivity index (χ2n) is 6.90. The van der Waals surface area contributed by atoms with Gasteiger partial charge in [-0.15, -0.1) is 0 Å². The van der Waals surface area contributed by atoms with E-state index in [2.05, 4.69) is 5.32 Å². The summed E-state index contributed by atoms with van der Waals surface area (Å²) in [7, 11) is 0. The number of amides is 1. The Kier molecular flexibility index (Phi) is 4.85. The van der Waals surface area contributed by atoms with Gasteiger partial charge in [0.2, 0.25) is 5.91 Å². The van der Waals surface area contributed by atoms with Crippen LogP contribution in [0.2, 0.25) is 0 Å². The highest BCUT2D eigenvalue weighted by molar-refractivity contribution is 5.81. The third-order valence-electron chi connectivity index (χ3n) is 4.06. The maximum atomic E-state index is 12.2. The zero-order chi connectivity index (χ0) is 13.9. The Morgan fingerprint density at radius 3 is 2.37 bits per heavy atom. The largest absolute Gasteiger partial charge is 0.380 e. The van der Waals surface area contributed by atoms with Crippen molar-refractivity contribution in [2.75, 3.05) is 26.3 Å². The number of carbonyl (C=O) groups excluding carboxylic acids is 1. The number of hydrogen-bond donors (Lipinski definition) is 1. The second-order valence-corrected chi connectivity index (χ2v) is 6.90. The number of ether oxygens (including phenoxy) is 1. The standard InChI is InChI=1S/C15H28N2O2/c1-15(2,3)14(18)17-8-6-12(7-9-17)16-13-5-4-10-19-11-13/h12-13,16H,4-11H2,1-3H3. The maximum absolute atomic E-state index is 12.2. The number of likely N-dealkylation sites (tertiary alicyclic amines) is 1. The van der Waals surface area contributed by atoms with Gasteiger partial charge in [0.15, 0.2) is 0 Å². The van der Waals surface area contributed by atoms with Crippen molar-refractivity contribution < 1.29 is 9.53 Å². The summed E-state index contributed by atoms with van der Waals surface area (Å²) < 4.78 is 5.50. The number of rotatable bonds is 2. The molecule has 1 atom stereocenters. The van der Waals surface area contributed by atoms with Gasteiger partial charge in [-0.25, -0.2) is 0 Å². The molecular weight excluding hydrogens is 240 g/mol. The van der Waals surface area contributed by atoms with E-state index in [0.29, 0.717) is 12.1 Å². The zero-order valence-corrected chi connectivity index (χ0v) is 12.6. The molecule has 0 radical (unpaired) electrons. The fourth-order valence-corrected chi connectivity index (χ4v) is 2.93. The van der Waals surface area contributed by atoms with Gasteiger partial charge in [0, 0.05) is 37.2 Å². The lowest BCUT2D eigenvalue weighted by Gasteiger charge is -2.37. The van der Waals surface area contributed by atoms with Crippen LogP contribution in [0.1, 0.15) is 46.5 Å². The summed E-state index contributed by atoms with van der Waals surface area (Å²) in [6.45, 7) is 9.54. The molecule has 110 valence electrons. The van der Waals surface area contributed by atoms with Gasteiger partial charge >= 0.3 is 0 Å². The van der Waals surface area contributed by atoms with E-state index in [4.69, 9.17) is 4.74 Å². The molecule has 0 aromatic rings. The number of piperidine rings is 1. The Labute approximate surface area is 116 Å². The number of nitrogens with zero attached hydrogens (tertiary/aromatic N) is 1. The Hall–Kier alpha value is -0.610. The summed E-state index contributed by atoms with van der Waals surface area (Å²) in [6.07, 6.45) is 4.52. The van der Waals surface area contributed by atoms with Gasteiger partial charge < -0.3 is 15.0 Å². The minimum atomic E-state index is -0.253. The summed E-state index contributed by atoms with van der Waals surface area (Å²) in [5.74, 6) is 0.284. The molecule has 2 aliphatic heterocycles. The van der Waals surface area contributed by atoms with E-state index in [1.165, 1.54) is 12.8 Å². The molecule has 2 heterocycles. The van der Waals surface area contributed by atoms with Crippen molar-refractivity contribution in [2.24, 2.45) is 5.41 Å². The van der Waals surface area contributed by atoms with E-state index in [9.17, 15) is 4.79 Å². The third kappa shape index (κ3) is 4.18. The zero-order valence-electron chi connectivity index (χ0n) is 12.6. The third-order valence-corrected chi connectivity index (χ3v) is 4.06. The Morgan fingerprint density at radius 1 is 1.16 bits per heavy atom. The van der Waals surface area contributed by atoms with Crippen LogP contribution in [0.25, 0.3) is 0 Å². The first-order valence-corrected chi connectivity index (χ1v) is 7.60. The Morgan fingerprint density at radius 2 is 1.84 bits per heavy atom.